The van der Waals surface area contributed by atoms with E-state index in [-0.39, 0.29) is 81.0 Å². The number of allylic oxidation sites excluding steroid dienone is 1. The lowest BCUT2D eigenvalue weighted by atomic mass is 9.76. The Kier molecular flexibility index (Phi) is 14.9. The van der Waals surface area contributed by atoms with Crippen molar-refractivity contribution >= 4 is 64.1 Å². The van der Waals surface area contributed by atoms with Crippen LogP contribution in [0.1, 0.15) is 130 Å². The standard InChI is InChI=1S/C47H66N8O11/c1-26(29-13-16-33-36(24-29)52(8)45(64)55(33)35-18-20-38(57)51-41(35)60)28-11-9-27(10-12-28)23-39(58)53-22-21-30-14-17-34(54(30)42(61)32(25-53)50-44(63)66-47(5,6)7)40(59)49-31(15-19-37(48)56)43(62)65-46(2,3)4/h13,16,24,27-28,30-32,34-35H,1,9-12,14-15,17-23,25H2,2-8H3,(H2,48,56)(H,49,59)(H,50,63)(H,51,57,60)/t27?,28?,30-,31+,32+,34+,35?/m1/s1. The van der Waals surface area contributed by atoms with Gasteiger partial charge in [0.25, 0.3) is 0 Å². The molecule has 4 aliphatic rings. The zero-order chi connectivity index (χ0) is 48.4. The molecule has 4 heterocycles. The highest BCUT2D eigenvalue weighted by atomic mass is 16.6. The van der Waals surface area contributed by atoms with E-state index in [0.29, 0.717) is 23.9 Å². The number of piperidine rings is 1. The molecule has 19 nitrogen and oxygen atoms in total. The van der Waals surface area contributed by atoms with Gasteiger partial charge in [0, 0.05) is 38.9 Å². The van der Waals surface area contributed by atoms with Gasteiger partial charge in [-0.2, -0.15) is 0 Å². The Hall–Kier alpha value is -6.01. The fourth-order valence-corrected chi connectivity index (χ4v) is 9.71. The Morgan fingerprint density at radius 1 is 0.894 bits per heavy atom. The maximum absolute atomic E-state index is 14.5. The summed E-state index contributed by atoms with van der Waals surface area (Å²) in [5.74, 6) is -3.37. The molecule has 2 aromatic rings. The molecule has 3 saturated heterocycles. The molecule has 19 heteroatoms. The van der Waals surface area contributed by atoms with Crippen LogP contribution in [0.4, 0.5) is 4.79 Å². The summed E-state index contributed by atoms with van der Waals surface area (Å²) in [6.45, 7) is 14.7. The first-order valence-electron chi connectivity index (χ1n) is 23.1. The van der Waals surface area contributed by atoms with Crippen LogP contribution in [-0.4, -0.2) is 115 Å². The van der Waals surface area contributed by atoms with Crippen molar-refractivity contribution < 1.29 is 47.8 Å². The van der Waals surface area contributed by atoms with Gasteiger partial charge in [-0.3, -0.25) is 43.2 Å². The van der Waals surface area contributed by atoms with E-state index in [1.807, 2.05) is 18.2 Å². The number of hydrogen-bond donors (Lipinski definition) is 4. The highest BCUT2D eigenvalue weighted by molar-refractivity contribution is 6.00. The maximum Gasteiger partial charge on any atom is 0.408 e. The Balaban J connectivity index is 1.11. The molecule has 1 aromatic carbocycles. The van der Waals surface area contributed by atoms with E-state index in [9.17, 15) is 43.2 Å². The number of imidazole rings is 1. The van der Waals surface area contributed by atoms with Gasteiger partial charge in [-0.15, -0.1) is 0 Å². The van der Waals surface area contributed by atoms with Crippen LogP contribution in [0.25, 0.3) is 16.6 Å². The van der Waals surface area contributed by atoms with Crippen molar-refractivity contribution in [1.82, 2.24) is 34.9 Å². The van der Waals surface area contributed by atoms with E-state index in [2.05, 4.69) is 22.5 Å². The molecule has 5 N–H and O–H groups in total. The third-order valence-electron chi connectivity index (χ3n) is 13.0. The monoisotopic (exact) mass is 918 g/mol. The number of aryl methyl sites for hydroxylation is 1. The van der Waals surface area contributed by atoms with Gasteiger partial charge < -0.3 is 35.6 Å². The fourth-order valence-electron chi connectivity index (χ4n) is 9.71. The topological polar surface area (TPSA) is 251 Å². The largest absolute Gasteiger partial charge is 0.458 e. The number of benzene rings is 1. The van der Waals surface area contributed by atoms with Crippen LogP contribution in [0.15, 0.2) is 29.6 Å². The molecule has 4 fully saturated rings. The highest BCUT2D eigenvalue weighted by Crippen LogP contribution is 2.39. The Labute approximate surface area is 384 Å². The van der Waals surface area contributed by atoms with E-state index in [4.69, 9.17) is 15.2 Å². The molecule has 6 rings (SSSR count). The predicted molar refractivity (Wildman–Crippen MR) is 242 cm³/mol. The van der Waals surface area contributed by atoms with Gasteiger partial charge in [0.05, 0.1) is 17.6 Å². The summed E-state index contributed by atoms with van der Waals surface area (Å²) in [6.07, 6.45) is 3.66. The molecule has 0 spiro atoms. The summed E-state index contributed by atoms with van der Waals surface area (Å²) in [5.41, 5.74) is 6.29. The number of hydrogen-bond acceptors (Lipinski definition) is 11. The molecule has 7 amide bonds. The Morgan fingerprint density at radius 3 is 2.21 bits per heavy atom. The smallest absolute Gasteiger partial charge is 0.408 e. The minimum Gasteiger partial charge on any atom is -0.458 e. The molecule has 1 aliphatic carbocycles. The molecule has 66 heavy (non-hydrogen) atoms. The molecule has 1 unspecified atom stereocenters. The number of esters is 1. The van der Waals surface area contributed by atoms with E-state index in [0.717, 1.165) is 36.8 Å². The number of imide groups is 1. The first kappa shape index (κ1) is 49.4. The van der Waals surface area contributed by atoms with Gasteiger partial charge in [-0.25, -0.2) is 14.4 Å². The second-order valence-corrected chi connectivity index (χ2v) is 20.2. The second-order valence-electron chi connectivity index (χ2n) is 20.2. The third kappa shape index (κ3) is 11.7. The minimum atomic E-state index is -1.24. The summed E-state index contributed by atoms with van der Waals surface area (Å²) in [5, 5.41) is 7.72. The zero-order valence-corrected chi connectivity index (χ0v) is 39.2. The van der Waals surface area contributed by atoms with Gasteiger partial charge in [-0.1, -0.05) is 12.6 Å². The van der Waals surface area contributed by atoms with E-state index >= 15 is 0 Å². The van der Waals surface area contributed by atoms with Crippen LogP contribution in [-0.2, 0) is 50.1 Å². The number of aromatic nitrogens is 2. The number of ether oxygens (including phenoxy) is 2. The average molecular weight is 919 g/mol. The molecule has 1 aromatic heterocycles. The number of nitrogens with two attached hydrogens (primary N) is 1. The van der Waals surface area contributed by atoms with Crippen molar-refractivity contribution in [2.75, 3.05) is 13.1 Å². The molecule has 360 valence electrons. The SMILES string of the molecule is C=C(c1ccc2c(c1)n(C)c(=O)n2C1CCC(=O)NC1=O)C1CCC(CC(=O)N2CC[C@H]3CC[C@@H](C(=O)N[C@@H](CCC(N)=O)C(=O)OC(C)(C)C)N3C(=O)[C@@H](NC(=O)OC(C)(C)C)C2)CC1. The number of primary amides is 1. The number of fused-ring (bicyclic) bond motifs is 2. The van der Waals surface area contributed by atoms with Crippen molar-refractivity contribution in [3.05, 3.63) is 40.8 Å². The quantitative estimate of drug-likeness (QED) is 0.178. The van der Waals surface area contributed by atoms with Crippen molar-refractivity contribution in [3.8, 4) is 0 Å². The van der Waals surface area contributed by atoms with Crippen LogP contribution in [0.5, 0.6) is 0 Å². The molecule has 5 atom stereocenters. The van der Waals surface area contributed by atoms with Gasteiger partial charge in [0.15, 0.2) is 0 Å². The zero-order valence-electron chi connectivity index (χ0n) is 39.2. The normalized spacial score (nSPS) is 24.4. The lowest BCUT2D eigenvalue weighted by Gasteiger charge is -2.39. The van der Waals surface area contributed by atoms with Gasteiger partial charge in [0.1, 0.15) is 35.4 Å². The molecule has 1 saturated carbocycles. The summed E-state index contributed by atoms with van der Waals surface area (Å²) in [4.78, 5) is 121. The first-order valence-corrected chi connectivity index (χ1v) is 23.1. The summed E-state index contributed by atoms with van der Waals surface area (Å²) >= 11 is 0. The predicted octanol–water partition coefficient (Wildman–Crippen LogP) is 3.10. The Bertz CT molecular complexity index is 2330. The number of nitrogens with zero attached hydrogens (tertiary/aromatic N) is 4. The molecular formula is C47H66N8O11. The summed E-state index contributed by atoms with van der Waals surface area (Å²) in [6, 6.07) is 0.971. The number of carbonyl (C=O) groups is 8. The molecule has 3 aliphatic heterocycles. The van der Waals surface area contributed by atoms with E-state index < -0.39 is 77.1 Å². The highest BCUT2D eigenvalue weighted by Gasteiger charge is 2.47. The lowest BCUT2D eigenvalue weighted by molar-refractivity contribution is -0.159. The third-order valence-corrected chi connectivity index (χ3v) is 13.0. The van der Waals surface area contributed by atoms with Crippen LogP contribution >= 0.6 is 0 Å². The van der Waals surface area contributed by atoms with Crippen molar-refractivity contribution in [2.24, 2.45) is 24.6 Å². The number of amides is 7. The van der Waals surface area contributed by atoms with Crippen LogP contribution in [0.3, 0.4) is 0 Å². The van der Waals surface area contributed by atoms with Gasteiger partial charge in [-0.05, 0) is 134 Å². The minimum absolute atomic E-state index is 0.0642. The number of rotatable bonds is 12. The van der Waals surface area contributed by atoms with E-state index in [1.165, 1.54) is 14.0 Å². The van der Waals surface area contributed by atoms with Crippen LogP contribution in [0, 0.1) is 11.8 Å². The average Bonchev–Trinajstić information content (AvgIpc) is 3.75. The van der Waals surface area contributed by atoms with Crippen LogP contribution in [0.2, 0.25) is 0 Å². The second kappa shape index (κ2) is 19.8. The van der Waals surface area contributed by atoms with Crippen molar-refractivity contribution in [2.45, 2.75) is 160 Å². The molecule has 0 radical (unpaired) electrons. The van der Waals surface area contributed by atoms with Gasteiger partial charge in [0.2, 0.25) is 35.4 Å². The van der Waals surface area contributed by atoms with Gasteiger partial charge >= 0.3 is 17.8 Å². The van der Waals surface area contributed by atoms with E-state index in [1.54, 1.807) is 53.5 Å². The lowest BCUT2D eigenvalue weighted by Crippen LogP contribution is -2.62. The first-order chi connectivity index (χ1) is 30.9. The Morgan fingerprint density at radius 2 is 1.58 bits per heavy atom. The van der Waals surface area contributed by atoms with Crippen molar-refractivity contribution in [1.29, 1.82) is 0 Å². The number of nitrogens with one attached hydrogen (secondary N) is 3. The fraction of sp³-hybridized carbons (Fsp3) is 0.638. The summed E-state index contributed by atoms with van der Waals surface area (Å²) < 4.78 is 14.0. The van der Waals surface area contributed by atoms with Crippen LogP contribution < -0.4 is 27.4 Å². The molecular weight excluding hydrogens is 853 g/mol. The number of carbonyl (C=O) groups excluding carboxylic acids is 8. The molecule has 0 bridgehead atoms. The maximum atomic E-state index is 14.5. The van der Waals surface area contributed by atoms with Crippen molar-refractivity contribution in [3.63, 3.8) is 0 Å². The summed E-state index contributed by atoms with van der Waals surface area (Å²) in [7, 11) is 1.65. The number of alkyl carbamates (subject to hydrolysis) is 1.